The van der Waals surface area contributed by atoms with Gasteiger partial charge in [0.05, 0.1) is 11.4 Å². The number of rotatable bonds is 1. The van der Waals surface area contributed by atoms with Crippen molar-refractivity contribution in [2.75, 3.05) is 6.54 Å². The summed E-state index contributed by atoms with van der Waals surface area (Å²) in [6.45, 7) is 1.32. The van der Waals surface area contributed by atoms with Gasteiger partial charge in [0.1, 0.15) is 6.04 Å². The summed E-state index contributed by atoms with van der Waals surface area (Å²) >= 11 is 1.89. The van der Waals surface area contributed by atoms with Crippen molar-refractivity contribution in [3.8, 4) is 0 Å². The predicted molar refractivity (Wildman–Crippen MR) is 43.1 cm³/mol. The highest BCUT2D eigenvalue weighted by Crippen LogP contribution is 2.21. The first-order chi connectivity index (χ1) is 4.97. The Morgan fingerprint density at radius 3 is 3.20 bits per heavy atom. The first kappa shape index (κ1) is 6.38. The van der Waals surface area contributed by atoms with E-state index in [1.807, 2.05) is 11.3 Å². The Hall–Kier alpha value is -0.340. The molecule has 10 heavy (non-hydrogen) atoms. The third-order valence-corrected chi connectivity index (χ3v) is 3.08. The Balaban J connectivity index is 2.12. The van der Waals surface area contributed by atoms with Gasteiger partial charge in [0.25, 0.3) is 0 Å². The van der Waals surface area contributed by atoms with Crippen molar-refractivity contribution in [1.82, 2.24) is 0 Å². The van der Waals surface area contributed by atoms with Gasteiger partial charge in [-0.2, -0.15) is 0 Å². The summed E-state index contributed by atoms with van der Waals surface area (Å²) in [5.74, 6) is 0. The van der Waals surface area contributed by atoms with Gasteiger partial charge in [0, 0.05) is 12.8 Å². The van der Waals surface area contributed by atoms with Gasteiger partial charge in [-0.3, -0.25) is 0 Å². The lowest BCUT2D eigenvalue weighted by Crippen LogP contribution is -2.81. The minimum absolute atomic E-state index is 0.792. The number of hydrogen-bond acceptors (Lipinski definition) is 1. The van der Waals surface area contributed by atoms with Crippen LogP contribution in [0.3, 0.4) is 0 Å². The van der Waals surface area contributed by atoms with Crippen LogP contribution in [0, 0.1) is 0 Å². The average molecular weight is 154 g/mol. The van der Waals surface area contributed by atoms with Gasteiger partial charge in [-0.25, -0.2) is 0 Å². The van der Waals surface area contributed by atoms with Gasteiger partial charge >= 0.3 is 0 Å². The molecule has 0 unspecified atom stereocenters. The molecule has 1 aliphatic heterocycles. The van der Waals surface area contributed by atoms with Gasteiger partial charge in [-0.1, -0.05) is 6.07 Å². The summed E-state index contributed by atoms with van der Waals surface area (Å²) in [7, 11) is 0. The van der Waals surface area contributed by atoms with Gasteiger partial charge in [-0.15, -0.1) is 11.3 Å². The molecule has 1 aliphatic rings. The monoisotopic (exact) mass is 154 g/mol. The fourth-order valence-electron chi connectivity index (χ4n) is 1.54. The van der Waals surface area contributed by atoms with E-state index in [-0.39, 0.29) is 0 Å². The Bertz CT molecular complexity index is 187. The third-order valence-electron chi connectivity index (χ3n) is 2.08. The van der Waals surface area contributed by atoms with E-state index in [4.69, 9.17) is 0 Å². The van der Waals surface area contributed by atoms with Crippen LogP contribution in [0.5, 0.6) is 0 Å². The molecule has 1 atom stereocenters. The van der Waals surface area contributed by atoms with Crippen LogP contribution in [0.4, 0.5) is 0 Å². The fraction of sp³-hybridized carbons (Fsp3) is 0.500. The van der Waals surface area contributed by atoms with Crippen LogP contribution < -0.4 is 5.32 Å². The SMILES string of the molecule is c1csc([C@H]2CCC[NH2+]2)c1. The van der Waals surface area contributed by atoms with Crippen LogP contribution in [0.2, 0.25) is 0 Å². The molecule has 0 radical (unpaired) electrons. The van der Waals surface area contributed by atoms with Crippen molar-refractivity contribution in [2.24, 2.45) is 0 Å². The topological polar surface area (TPSA) is 16.6 Å². The van der Waals surface area contributed by atoms with Crippen molar-refractivity contribution in [3.63, 3.8) is 0 Å². The van der Waals surface area contributed by atoms with Crippen molar-refractivity contribution < 1.29 is 5.32 Å². The van der Waals surface area contributed by atoms with Gasteiger partial charge in [0.15, 0.2) is 0 Å². The second kappa shape index (κ2) is 2.72. The number of quaternary nitrogens is 1. The number of hydrogen-bond donors (Lipinski definition) is 1. The van der Waals surface area contributed by atoms with Crippen LogP contribution in [-0.4, -0.2) is 6.54 Å². The summed E-state index contributed by atoms with van der Waals surface area (Å²) in [5, 5.41) is 4.62. The Morgan fingerprint density at radius 2 is 2.60 bits per heavy atom. The van der Waals surface area contributed by atoms with Crippen LogP contribution in [-0.2, 0) is 0 Å². The van der Waals surface area contributed by atoms with Crippen LogP contribution in [0.15, 0.2) is 17.5 Å². The normalized spacial score (nSPS) is 25.4. The maximum absolute atomic E-state index is 2.45. The van der Waals surface area contributed by atoms with Crippen molar-refractivity contribution in [1.29, 1.82) is 0 Å². The van der Waals surface area contributed by atoms with Crippen LogP contribution >= 0.6 is 11.3 Å². The van der Waals surface area contributed by atoms with Gasteiger partial charge < -0.3 is 5.32 Å². The molecule has 1 aromatic rings. The molecular weight excluding hydrogens is 142 g/mol. The quantitative estimate of drug-likeness (QED) is 0.625. The lowest BCUT2D eigenvalue weighted by Gasteiger charge is -2.01. The van der Waals surface area contributed by atoms with Gasteiger partial charge in [0.2, 0.25) is 0 Å². The Labute approximate surface area is 65.1 Å². The highest BCUT2D eigenvalue weighted by atomic mass is 32.1. The molecule has 0 amide bonds. The minimum Gasteiger partial charge on any atom is -0.339 e. The summed E-state index contributed by atoms with van der Waals surface area (Å²) in [5.41, 5.74) is 0. The van der Waals surface area contributed by atoms with Crippen molar-refractivity contribution in [2.45, 2.75) is 18.9 Å². The maximum atomic E-state index is 2.45. The molecule has 1 saturated heterocycles. The van der Waals surface area contributed by atoms with E-state index in [2.05, 4.69) is 22.8 Å². The molecule has 1 fully saturated rings. The lowest BCUT2D eigenvalue weighted by molar-refractivity contribution is -0.675. The molecule has 2 heteroatoms. The largest absolute Gasteiger partial charge is 0.339 e. The fourth-order valence-corrected chi connectivity index (χ4v) is 2.40. The number of thiophene rings is 1. The van der Waals surface area contributed by atoms with E-state index in [1.54, 1.807) is 4.88 Å². The zero-order chi connectivity index (χ0) is 6.81. The third kappa shape index (κ3) is 1.09. The molecule has 2 rings (SSSR count). The first-order valence-corrected chi connectivity index (χ1v) is 4.71. The summed E-state index contributed by atoms with van der Waals surface area (Å²) < 4.78 is 0. The first-order valence-electron chi connectivity index (χ1n) is 3.83. The maximum Gasteiger partial charge on any atom is 0.121 e. The summed E-state index contributed by atoms with van der Waals surface area (Å²) in [6, 6.07) is 5.18. The Morgan fingerprint density at radius 1 is 1.60 bits per heavy atom. The predicted octanol–water partition coefficient (Wildman–Crippen LogP) is 1.15. The van der Waals surface area contributed by atoms with E-state index in [0.717, 1.165) is 6.04 Å². The van der Waals surface area contributed by atoms with E-state index < -0.39 is 0 Å². The molecule has 2 heterocycles. The highest BCUT2D eigenvalue weighted by molar-refractivity contribution is 7.10. The second-order valence-electron chi connectivity index (χ2n) is 2.79. The number of nitrogens with two attached hydrogens (primary N) is 1. The molecule has 0 saturated carbocycles. The van der Waals surface area contributed by atoms with Crippen molar-refractivity contribution >= 4 is 11.3 Å². The van der Waals surface area contributed by atoms with E-state index in [0.29, 0.717) is 0 Å². The lowest BCUT2D eigenvalue weighted by atomic mass is 10.2. The van der Waals surface area contributed by atoms with E-state index >= 15 is 0 Å². The van der Waals surface area contributed by atoms with Gasteiger partial charge in [-0.05, 0) is 11.4 Å². The molecule has 54 valence electrons. The summed E-state index contributed by atoms with van der Waals surface area (Å²) in [4.78, 5) is 1.55. The molecule has 1 nitrogen and oxygen atoms in total. The molecule has 1 aromatic heterocycles. The van der Waals surface area contributed by atoms with Crippen LogP contribution in [0.25, 0.3) is 0 Å². The van der Waals surface area contributed by atoms with Crippen LogP contribution in [0.1, 0.15) is 23.8 Å². The highest BCUT2D eigenvalue weighted by Gasteiger charge is 2.20. The molecule has 0 spiro atoms. The standard InChI is InChI=1S/C8H11NS/c1-3-7(9-5-1)8-4-2-6-10-8/h2,4,6-7,9H,1,3,5H2/p+1/t7-/m1/s1. The molecule has 0 bridgehead atoms. The minimum atomic E-state index is 0.792. The molecule has 0 aliphatic carbocycles. The van der Waals surface area contributed by atoms with E-state index in [9.17, 15) is 0 Å². The van der Waals surface area contributed by atoms with E-state index in [1.165, 1.54) is 19.4 Å². The Kier molecular flexibility index (Phi) is 1.74. The summed E-state index contributed by atoms with van der Waals surface area (Å²) in [6.07, 6.45) is 2.77. The molecule has 2 N–H and O–H groups in total. The van der Waals surface area contributed by atoms with Crippen molar-refractivity contribution in [3.05, 3.63) is 22.4 Å². The smallest absolute Gasteiger partial charge is 0.121 e. The molecule has 0 aromatic carbocycles. The average Bonchev–Trinajstić information content (AvgIpc) is 2.59. The zero-order valence-electron chi connectivity index (χ0n) is 5.92. The zero-order valence-corrected chi connectivity index (χ0v) is 6.73. The molecular formula is C8H12NS+. The second-order valence-corrected chi connectivity index (χ2v) is 3.77.